The van der Waals surface area contributed by atoms with Gasteiger partial charge in [-0.15, -0.1) is 0 Å². The second-order valence-electron chi connectivity index (χ2n) is 4.58. The van der Waals surface area contributed by atoms with E-state index < -0.39 is 0 Å². The Morgan fingerprint density at radius 3 is 2.94 bits per heavy atom. The fourth-order valence-electron chi connectivity index (χ4n) is 2.20. The van der Waals surface area contributed by atoms with Gasteiger partial charge in [0, 0.05) is 11.1 Å². The van der Waals surface area contributed by atoms with E-state index in [4.69, 9.17) is 9.94 Å². The van der Waals surface area contributed by atoms with E-state index in [1.54, 1.807) is 0 Å². The number of hydrogen-bond donors (Lipinski definition) is 1. The van der Waals surface area contributed by atoms with Crippen molar-refractivity contribution in [1.29, 1.82) is 0 Å². The number of rotatable bonds is 3. The number of nitrogens with zero attached hydrogens (tertiary/aromatic N) is 1. The van der Waals surface area contributed by atoms with Gasteiger partial charge in [-0.3, -0.25) is 0 Å². The lowest BCUT2D eigenvalue weighted by atomic mass is 10.1. The van der Waals surface area contributed by atoms with Gasteiger partial charge in [0.05, 0.1) is 12.3 Å². The van der Waals surface area contributed by atoms with Crippen molar-refractivity contribution in [2.75, 3.05) is 6.61 Å². The maximum Gasteiger partial charge on any atom is 0.123 e. The van der Waals surface area contributed by atoms with Gasteiger partial charge in [0.2, 0.25) is 0 Å². The monoisotopic (exact) mass is 217 g/mol. The number of benzene rings is 1. The van der Waals surface area contributed by atoms with E-state index in [1.807, 2.05) is 18.2 Å². The van der Waals surface area contributed by atoms with Crippen molar-refractivity contribution in [3.8, 4) is 5.75 Å². The standard InChI is InChI=1S/C13H15NO2/c15-14-12-7-6-11-10(12)2-1-3-13(11)16-8-9-4-5-9/h1-3,9,15H,4-8H2. The summed E-state index contributed by atoms with van der Waals surface area (Å²) in [6, 6.07) is 5.99. The first-order valence-corrected chi connectivity index (χ1v) is 5.84. The van der Waals surface area contributed by atoms with Gasteiger partial charge in [-0.25, -0.2) is 0 Å². The van der Waals surface area contributed by atoms with Crippen LogP contribution in [0.2, 0.25) is 0 Å². The molecule has 1 aromatic carbocycles. The Kier molecular flexibility index (Phi) is 2.31. The highest BCUT2D eigenvalue weighted by molar-refractivity contribution is 6.04. The molecule has 16 heavy (non-hydrogen) atoms. The average Bonchev–Trinajstić information content (AvgIpc) is 3.04. The molecule has 0 aromatic heterocycles. The zero-order chi connectivity index (χ0) is 11.0. The Bertz CT molecular complexity index is 436. The van der Waals surface area contributed by atoms with E-state index in [2.05, 4.69) is 5.16 Å². The molecule has 1 N–H and O–H groups in total. The van der Waals surface area contributed by atoms with Crippen molar-refractivity contribution in [1.82, 2.24) is 0 Å². The highest BCUT2D eigenvalue weighted by Gasteiger charge is 2.25. The average molecular weight is 217 g/mol. The van der Waals surface area contributed by atoms with Gasteiger partial charge in [-0.1, -0.05) is 17.3 Å². The van der Waals surface area contributed by atoms with Crippen molar-refractivity contribution in [3.63, 3.8) is 0 Å². The zero-order valence-corrected chi connectivity index (χ0v) is 9.15. The van der Waals surface area contributed by atoms with Crippen LogP contribution in [0, 0.1) is 5.92 Å². The van der Waals surface area contributed by atoms with Crippen LogP contribution in [0.3, 0.4) is 0 Å². The van der Waals surface area contributed by atoms with Gasteiger partial charge in [-0.2, -0.15) is 0 Å². The molecular weight excluding hydrogens is 202 g/mol. The third kappa shape index (κ3) is 1.66. The molecule has 2 aliphatic carbocycles. The Labute approximate surface area is 94.7 Å². The third-order valence-electron chi connectivity index (χ3n) is 3.35. The van der Waals surface area contributed by atoms with Crippen molar-refractivity contribution in [2.24, 2.45) is 11.1 Å². The highest BCUT2D eigenvalue weighted by Crippen LogP contribution is 2.34. The molecule has 0 amide bonds. The normalized spacial score (nSPS) is 21.1. The Morgan fingerprint density at radius 2 is 2.19 bits per heavy atom. The summed E-state index contributed by atoms with van der Waals surface area (Å²) >= 11 is 0. The zero-order valence-electron chi connectivity index (χ0n) is 9.15. The second-order valence-corrected chi connectivity index (χ2v) is 4.58. The minimum Gasteiger partial charge on any atom is -0.493 e. The summed E-state index contributed by atoms with van der Waals surface area (Å²) in [6.07, 6.45) is 4.35. The lowest BCUT2D eigenvalue weighted by molar-refractivity contribution is 0.297. The van der Waals surface area contributed by atoms with Crippen LogP contribution < -0.4 is 4.74 Å². The lowest BCUT2D eigenvalue weighted by Crippen LogP contribution is -2.02. The van der Waals surface area contributed by atoms with Crippen LogP contribution in [0.15, 0.2) is 23.4 Å². The summed E-state index contributed by atoms with van der Waals surface area (Å²) in [6.45, 7) is 0.835. The van der Waals surface area contributed by atoms with Crippen LogP contribution in [-0.2, 0) is 6.42 Å². The molecule has 1 aromatic rings. The van der Waals surface area contributed by atoms with Crippen LogP contribution in [-0.4, -0.2) is 17.5 Å². The highest BCUT2D eigenvalue weighted by atomic mass is 16.5. The van der Waals surface area contributed by atoms with E-state index >= 15 is 0 Å². The van der Waals surface area contributed by atoms with Crippen LogP contribution in [0.25, 0.3) is 0 Å². The third-order valence-corrected chi connectivity index (χ3v) is 3.35. The van der Waals surface area contributed by atoms with Gasteiger partial charge in [0.15, 0.2) is 0 Å². The molecule has 3 nitrogen and oxygen atoms in total. The molecule has 0 heterocycles. The van der Waals surface area contributed by atoms with E-state index in [0.717, 1.165) is 42.4 Å². The minimum atomic E-state index is 0.767. The first-order valence-electron chi connectivity index (χ1n) is 5.84. The molecule has 1 saturated carbocycles. The maximum atomic E-state index is 8.88. The van der Waals surface area contributed by atoms with Gasteiger partial charge in [-0.05, 0) is 37.7 Å². The van der Waals surface area contributed by atoms with Crippen LogP contribution in [0.4, 0.5) is 0 Å². The SMILES string of the molecule is ON=C1CCc2c(OCC3CC3)cccc21. The molecule has 3 rings (SSSR count). The van der Waals surface area contributed by atoms with E-state index in [1.165, 1.54) is 18.4 Å². The van der Waals surface area contributed by atoms with Crippen molar-refractivity contribution in [2.45, 2.75) is 25.7 Å². The Morgan fingerprint density at radius 1 is 1.31 bits per heavy atom. The lowest BCUT2D eigenvalue weighted by Gasteiger charge is -2.09. The summed E-state index contributed by atoms with van der Waals surface area (Å²) in [4.78, 5) is 0. The summed E-state index contributed by atoms with van der Waals surface area (Å²) < 4.78 is 5.83. The fraction of sp³-hybridized carbons (Fsp3) is 0.462. The molecule has 0 radical (unpaired) electrons. The molecule has 1 fully saturated rings. The number of ether oxygens (including phenoxy) is 1. The van der Waals surface area contributed by atoms with Crippen molar-refractivity contribution < 1.29 is 9.94 Å². The van der Waals surface area contributed by atoms with E-state index in [-0.39, 0.29) is 0 Å². The molecule has 3 heteroatoms. The predicted molar refractivity (Wildman–Crippen MR) is 61.3 cm³/mol. The molecule has 2 aliphatic rings. The summed E-state index contributed by atoms with van der Waals surface area (Å²) in [5.41, 5.74) is 3.04. The van der Waals surface area contributed by atoms with Gasteiger partial charge < -0.3 is 9.94 Å². The first kappa shape index (κ1) is 9.70. The Hall–Kier alpha value is -1.51. The van der Waals surface area contributed by atoms with Gasteiger partial charge in [0.25, 0.3) is 0 Å². The van der Waals surface area contributed by atoms with Gasteiger partial charge >= 0.3 is 0 Å². The molecule has 0 atom stereocenters. The molecule has 0 spiro atoms. The van der Waals surface area contributed by atoms with Crippen molar-refractivity contribution in [3.05, 3.63) is 29.3 Å². The molecule has 0 saturated heterocycles. The van der Waals surface area contributed by atoms with E-state index in [9.17, 15) is 0 Å². The number of fused-ring (bicyclic) bond motifs is 1. The molecule has 0 unspecified atom stereocenters. The Balaban J connectivity index is 1.85. The molecule has 0 bridgehead atoms. The second kappa shape index (κ2) is 3.81. The van der Waals surface area contributed by atoms with E-state index in [0.29, 0.717) is 0 Å². The van der Waals surface area contributed by atoms with Crippen molar-refractivity contribution >= 4 is 5.71 Å². The van der Waals surface area contributed by atoms with Crippen LogP contribution in [0.5, 0.6) is 5.75 Å². The topological polar surface area (TPSA) is 41.8 Å². The number of oxime groups is 1. The quantitative estimate of drug-likeness (QED) is 0.624. The number of hydrogen-bond acceptors (Lipinski definition) is 3. The molecule has 0 aliphatic heterocycles. The van der Waals surface area contributed by atoms with Gasteiger partial charge in [0.1, 0.15) is 5.75 Å². The van der Waals surface area contributed by atoms with Crippen LogP contribution >= 0.6 is 0 Å². The fourth-order valence-corrected chi connectivity index (χ4v) is 2.20. The smallest absolute Gasteiger partial charge is 0.123 e. The summed E-state index contributed by atoms with van der Waals surface area (Å²) in [7, 11) is 0. The van der Waals surface area contributed by atoms with Crippen LogP contribution in [0.1, 0.15) is 30.4 Å². The summed E-state index contributed by atoms with van der Waals surface area (Å²) in [5.74, 6) is 1.74. The predicted octanol–water partition coefficient (Wildman–Crippen LogP) is 2.60. The maximum absolute atomic E-state index is 8.88. The minimum absolute atomic E-state index is 0.767. The first-order chi connectivity index (χ1) is 7.88. The molecule has 84 valence electrons. The molecular formula is C13H15NO2. The summed E-state index contributed by atoms with van der Waals surface area (Å²) in [5, 5.41) is 12.2. The largest absolute Gasteiger partial charge is 0.493 e.